The van der Waals surface area contributed by atoms with E-state index in [9.17, 15) is 0 Å². The third kappa shape index (κ3) is 3.23. The van der Waals surface area contributed by atoms with Gasteiger partial charge < -0.3 is 19.5 Å². The molecule has 22 heavy (non-hydrogen) atoms. The van der Waals surface area contributed by atoms with E-state index in [4.69, 9.17) is 14.2 Å². The van der Waals surface area contributed by atoms with Crippen LogP contribution in [0.1, 0.15) is 50.3 Å². The van der Waals surface area contributed by atoms with Crippen molar-refractivity contribution >= 4 is 0 Å². The molecule has 2 aliphatic heterocycles. The van der Waals surface area contributed by atoms with Crippen molar-refractivity contribution in [2.75, 3.05) is 13.7 Å². The highest BCUT2D eigenvalue weighted by Crippen LogP contribution is 2.41. The molecular formula is C18H27NO3. The number of hydrogen-bond acceptors (Lipinski definition) is 4. The SMILES string of the molecule is COc1cc(C)cc2c1OCC[C@@H]2NC1C[C@@H](C)O[C@H](C)C1. The predicted octanol–water partition coefficient (Wildman–Crippen LogP) is 3.37. The van der Waals surface area contributed by atoms with Gasteiger partial charge in [0.15, 0.2) is 11.5 Å². The smallest absolute Gasteiger partial charge is 0.165 e. The minimum absolute atomic E-state index is 0.326. The van der Waals surface area contributed by atoms with Crippen LogP contribution in [0.25, 0.3) is 0 Å². The number of aryl methyl sites for hydroxylation is 1. The zero-order valence-corrected chi connectivity index (χ0v) is 14.0. The fourth-order valence-corrected chi connectivity index (χ4v) is 3.77. The Kier molecular flexibility index (Phi) is 4.59. The van der Waals surface area contributed by atoms with Gasteiger partial charge in [-0.25, -0.2) is 0 Å². The van der Waals surface area contributed by atoms with Crippen LogP contribution in [0.3, 0.4) is 0 Å². The summed E-state index contributed by atoms with van der Waals surface area (Å²) in [6.45, 7) is 7.16. The van der Waals surface area contributed by atoms with E-state index in [1.54, 1.807) is 7.11 Å². The van der Waals surface area contributed by atoms with Gasteiger partial charge in [0.2, 0.25) is 0 Å². The minimum Gasteiger partial charge on any atom is -0.493 e. The molecular weight excluding hydrogens is 278 g/mol. The molecule has 1 saturated heterocycles. The van der Waals surface area contributed by atoms with Crippen molar-refractivity contribution in [1.82, 2.24) is 5.32 Å². The lowest BCUT2D eigenvalue weighted by molar-refractivity contribution is -0.0442. The van der Waals surface area contributed by atoms with Crippen molar-refractivity contribution in [1.29, 1.82) is 0 Å². The Morgan fingerprint density at radius 1 is 1.18 bits per heavy atom. The maximum absolute atomic E-state index is 5.87. The molecule has 4 heteroatoms. The number of fused-ring (bicyclic) bond motifs is 1. The van der Waals surface area contributed by atoms with E-state index in [1.807, 2.05) is 6.07 Å². The number of nitrogens with one attached hydrogen (secondary N) is 1. The molecule has 0 amide bonds. The topological polar surface area (TPSA) is 39.7 Å². The summed E-state index contributed by atoms with van der Waals surface area (Å²) in [6.07, 6.45) is 3.79. The lowest BCUT2D eigenvalue weighted by atomic mass is 9.94. The van der Waals surface area contributed by atoms with Crippen molar-refractivity contribution in [2.24, 2.45) is 0 Å². The first-order valence-electron chi connectivity index (χ1n) is 8.29. The van der Waals surface area contributed by atoms with Crippen molar-refractivity contribution in [3.8, 4) is 11.5 Å². The second kappa shape index (κ2) is 6.47. The van der Waals surface area contributed by atoms with Crippen LogP contribution in [0.15, 0.2) is 12.1 Å². The summed E-state index contributed by atoms with van der Waals surface area (Å²) in [5.41, 5.74) is 2.44. The first-order valence-corrected chi connectivity index (χ1v) is 8.29. The zero-order chi connectivity index (χ0) is 15.7. The molecule has 3 atom stereocenters. The van der Waals surface area contributed by atoms with Crippen molar-refractivity contribution < 1.29 is 14.2 Å². The van der Waals surface area contributed by atoms with E-state index in [0.717, 1.165) is 37.4 Å². The van der Waals surface area contributed by atoms with E-state index in [1.165, 1.54) is 11.1 Å². The highest BCUT2D eigenvalue weighted by molar-refractivity contribution is 5.51. The average Bonchev–Trinajstić information content (AvgIpc) is 2.46. The first kappa shape index (κ1) is 15.6. The van der Waals surface area contributed by atoms with Gasteiger partial charge in [0.05, 0.1) is 25.9 Å². The summed E-state index contributed by atoms with van der Waals surface area (Å²) < 4.78 is 17.2. The Balaban J connectivity index is 1.81. The first-order chi connectivity index (χ1) is 10.6. The Morgan fingerprint density at radius 3 is 2.59 bits per heavy atom. The Morgan fingerprint density at radius 2 is 1.91 bits per heavy atom. The summed E-state index contributed by atoms with van der Waals surface area (Å²) in [5, 5.41) is 3.84. The van der Waals surface area contributed by atoms with Crippen LogP contribution in [0.2, 0.25) is 0 Å². The van der Waals surface area contributed by atoms with Crippen LogP contribution in [0.4, 0.5) is 0 Å². The Hall–Kier alpha value is -1.26. The summed E-state index contributed by atoms with van der Waals surface area (Å²) >= 11 is 0. The second-order valence-electron chi connectivity index (χ2n) is 6.67. The Labute approximate surface area is 133 Å². The Bertz CT molecular complexity index is 521. The van der Waals surface area contributed by atoms with Gasteiger partial charge in [-0.1, -0.05) is 6.07 Å². The number of hydrogen-bond donors (Lipinski definition) is 1. The van der Waals surface area contributed by atoms with Crippen LogP contribution in [-0.4, -0.2) is 32.0 Å². The van der Waals surface area contributed by atoms with Gasteiger partial charge in [-0.2, -0.15) is 0 Å². The lowest BCUT2D eigenvalue weighted by Gasteiger charge is -2.37. The average molecular weight is 305 g/mol. The van der Waals surface area contributed by atoms with E-state index >= 15 is 0 Å². The molecule has 122 valence electrons. The molecule has 2 aliphatic rings. The van der Waals surface area contributed by atoms with Gasteiger partial charge in [-0.15, -0.1) is 0 Å². The highest BCUT2D eigenvalue weighted by atomic mass is 16.5. The maximum Gasteiger partial charge on any atom is 0.165 e. The number of ether oxygens (including phenoxy) is 3. The molecule has 0 unspecified atom stereocenters. The molecule has 0 aromatic heterocycles. The number of rotatable bonds is 3. The molecule has 3 rings (SSSR count). The highest BCUT2D eigenvalue weighted by Gasteiger charge is 2.30. The fraction of sp³-hybridized carbons (Fsp3) is 0.667. The molecule has 0 radical (unpaired) electrons. The molecule has 0 saturated carbocycles. The van der Waals surface area contributed by atoms with Crippen molar-refractivity contribution in [3.63, 3.8) is 0 Å². The molecule has 1 N–H and O–H groups in total. The fourth-order valence-electron chi connectivity index (χ4n) is 3.77. The molecule has 4 nitrogen and oxygen atoms in total. The summed E-state index contributed by atoms with van der Waals surface area (Å²) in [4.78, 5) is 0. The number of benzene rings is 1. The van der Waals surface area contributed by atoms with Crippen LogP contribution in [0.5, 0.6) is 11.5 Å². The monoisotopic (exact) mass is 305 g/mol. The van der Waals surface area contributed by atoms with Crippen molar-refractivity contribution in [2.45, 2.75) is 64.3 Å². The third-order valence-electron chi connectivity index (χ3n) is 4.61. The van der Waals surface area contributed by atoms with Gasteiger partial charge in [0.25, 0.3) is 0 Å². The summed E-state index contributed by atoms with van der Waals surface area (Å²) in [6, 6.07) is 5.10. The quantitative estimate of drug-likeness (QED) is 0.929. The molecule has 1 aromatic rings. The normalized spacial score (nSPS) is 31.3. The molecule has 2 heterocycles. The lowest BCUT2D eigenvalue weighted by Crippen LogP contribution is -2.43. The zero-order valence-electron chi connectivity index (χ0n) is 14.0. The van der Waals surface area contributed by atoms with Gasteiger partial charge in [0, 0.05) is 24.1 Å². The molecule has 0 bridgehead atoms. The van der Waals surface area contributed by atoms with E-state index in [-0.39, 0.29) is 0 Å². The molecule has 0 spiro atoms. The van der Waals surface area contributed by atoms with Crippen molar-refractivity contribution in [3.05, 3.63) is 23.3 Å². The standard InChI is InChI=1S/C18H27NO3/c1-11-7-15-16(5-6-21-18(15)17(8-11)20-4)19-14-9-12(2)22-13(3)10-14/h7-8,12-14,16,19H,5-6,9-10H2,1-4H3/t12-,13-,16+/m1/s1. The van der Waals surface area contributed by atoms with Gasteiger partial charge in [-0.05, 0) is 45.2 Å². The van der Waals surface area contributed by atoms with Crippen LogP contribution >= 0.6 is 0 Å². The van der Waals surface area contributed by atoms with Crippen LogP contribution in [-0.2, 0) is 4.74 Å². The minimum atomic E-state index is 0.326. The molecule has 1 fully saturated rings. The molecule has 1 aromatic carbocycles. The van der Waals surface area contributed by atoms with Gasteiger partial charge in [-0.3, -0.25) is 0 Å². The number of methoxy groups -OCH3 is 1. The molecule has 0 aliphatic carbocycles. The van der Waals surface area contributed by atoms with Crippen LogP contribution in [0, 0.1) is 6.92 Å². The predicted molar refractivity (Wildman–Crippen MR) is 86.8 cm³/mol. The third-order valence-corrected chi connectivity index (χ3v) is 4.61. The van der Waals surface area contributed by atoms with Crippen LogP contribution < -0.4 is 14.8 Å². The summed E-state index contributed by atoms with van der Waals surface area (Å²) in [7, 11) is 1.71. The van der Waals surface area contributed by atoms with E-state index in [2.05, 4.69) is 32.2 Å². The summed E-state index contributed by atoms with van der Waals surface area (Å²) in [5.74, 6) is 1.75. The van der Waals surface area contributed by atoms with Gasteiger partial charge >= 0.3 is 0 Å². The maximum atomic E-state index is 5.87. The largest absolute Gasteiger partial charge is 0.493 e. The van der Waals surface area contributed by atoms with Gasteiger partial charge in [0.1, 0.15) is 0 Å². The van der Waals surface area contributed by atoms with E-state index < -0.39 is 0 Å². The van der Waals surface area contributed by atoms with E-state index in [0.29, 0.717) is 24.3 Å². The second-order valence-corrected chi connectivity index (χ2v) is 6.67.